The highest BCUT2D eigenvalue weighted by Crippen LogP contribution is 2.43. The van der Waals surface area contributed by atoms with Crippen LogP contribution in [0.1, 0.15) is 33.5 Å². The minimum atomic E-state index is -0.421. The van der Waals surface area contributed by atoms with Crippen molar-refractivity contribution in [1.82, 2.24) is 4.57 Å². The van der Waals surface area contributed by atoms with Crippen LogP contribution in [0, 0.1) is 18.3 Å². The number of nitrogens with zero attached hydrogens (tertiary/aromatic N) is 4. The van der Waals surface area contributed by atoms with Gasteiger partial charge in [0.15, 0.2) is 0 Å². The number of amides is 1. The summed E-state index contributed by atoms with van der Waals surface area (Å²) >= 11 is 6.48. The SMILES string of the molecule is Cc1c(C2N(C)c3ccccc3C(=O)N2c2ccccc2Cl)cc(C#N)n1C. The third kappa shape index (κ3) is 2.57. The fourth-order valence-electron chi connectivity index (χ4n) is 3.84. The molecule has 1 aliphatic rings. The lowest BCUT2D eigenvalue weighted by molar-refractivity contribution is 0.0969. The van der Waals surface area contributed by atoms with Gasteiger partial charge in [0.05, 0.1) is 22.0 Å². The number of carbonyl (C=O) groups is 1. The quantitative estimate of drug-likeness (QED) is 0.639. The van der Waals surface area contributed by atoms with Gasteiger partial charge >= 0.3 is 0 Å². The maximum atomic E-state index is 13.5. The number of halogens is 1. The van der Waals surface area contributed by atoms with Gasteiger partial charge in [-0.3, -0.25) is 9.69 Å². The Morgan fingerprint density at radius 2 is 1.68 bits per heavy atom. The molecule has 2 heterocycles. The van der Waals surface area contributed by atoms with E-state index in [-0.39, 0.29) is 5.91 Å². The van der Waals surface area contributed by atoms with Crippen LogP contribution in [0.3, 0.4) is 0 Å². The van der Waals surface area contributed by atoms with Crippen LogP contribution in [-0.2, 0) is 7.05 Å². The molecule has 1 atom stereocenters. The molecule has 0 fully saturated rings. The minimum absolute atomic E-state index is 0.117. The Morgan fingerprint density at radius 3 is 2.32 bits per heavy atom. The van der Waals surface area contributed by atoms with Crippen LogP contribution in [0.4, 0.5) is 11.4 Å². The van der Waals surface area contributed by atoms with Crippen molar-refractivity contribution < 1.29 is 4.79 Å². The van der Waals surface area contributed by atoms with Crippen molar-refractivity contribution in [2.45, 2.75) is 13.1 Å². The highest BCUT2D eigenvalue weighted by atomic mass is 35.5. The zero-order valence-corrected chi connectivity index (χ0v) is 16.6. The molecule has 0 saturated heterocycles. The van der Waals surface area contributed by atoms with Gasteiger partial charge in [0, 0.05) is 25.4 Å². The number of benzene rings is 2. The Morgan fingerprint density at radius 1 is 1.04 bits per heavy atom. The normalized spacial score (nSPS) is 16.1. The lowest BCUT2D eigenvalue weighted by Crippen LogP contribution is -2.48. The van der Waals surface area contributed by atoms with Gasteiger partial charge in [-0.05, 0) is 37.3 Å². The largest absolute Gasteiger partial charge is 0.349 e. The zero-order chi connectivity index (χ0) is 20.0. The first-order chi connectivity index (χ1) is 13.5. The van der Waals surface area contributed by atoms with Gasteiger partial charge < -0.3 is 9.47 Å². The Hall–Kier alpha value is -3.23. The molecular weight excluding hydrogens is 372 g/mol. The maximum Gasteiger partial charge on any atom is 0.262 e. The highest BCUT2D eigenvalue weighted by Gasteiger charge is 2.40. The van der Waals surface area contributed by atoms with Crippen LogP contribution in [0.15, 0.2) is 54.6 Å². The lowest BCUT2D eigenvalue weighted by atomic mass is 10.0. The molecule has 140 valence electrons. The molecular formula is C22H19ClN4O. The summed E-state index contributed by atoms with van der Waals surface area (Å²) in [6.07, 6.45) is -0.421. The number of anilines is 2. The number of hydrogen-bond donors (Lipinski definition) is 0. The summed E-state index contributed by atoms with van der Waals surface area (Å²) in [6.45, 7) is 1.96. The van der Waals surface area contributed by atoms with Crippen molar-refractivity contribution in [2.75, 3.05) is 16.8 Å². The van der Waals surface area contributed by atoms with Crippen molar-refractivity contribution in [1.29, 1.82) is 5.26 Å². The topological polar surface area (TPSA) is 52.3 Å². The van der Waals surface area contributed by atoms with E-state index in [9.17, 15) is 10.1 Å². The van der Waals surface area contributed by atoms with Gasteiger partial charge in [-0.25, -0.2) is 0 Å². The summed E-state index contributed by atoms with van der Waals surface area (Å²) in [5.41, 5.74) is 4.48. The average Bonchev–Trinajstić information content (AvgIpc) is 2.99. The number of rotatable bonds is 2. The van der Waals surface area contributed by atoms with Gasteiger partial charge in [-0.1, -0.05) is 35.9 Å². The number of fused-ring (bicyclic) bond motifs is 1. The Kier molecular flexibility index (Phi) is 4.37. The molecule has 28 heavy (non-hydrogen) atoms. The van der Waals surface area contributed by atoms with E-state index in [0.717, 1.165) is 16.9 Å². The predicted molar refractivity (Wildman–Crippen MR) is 111 cm³/mol. The molecule has 5 nitrogen and oxygen atoms in total. The summed E-state index contributed by atoms with van der Waals surface area (Å²) < 4.78 is 1.85. The van der Waals surface area contributed by atoms with Crippen LogP contribution < -0.4 is 9.80 Å². The van der Waals surface area contributed by atoms with E-state index in [4.69, 9.17) is 11.6 Å². The molecule has 0 aliphatic carbocycles. The van der Waals surface area contributed by atoms with Crippen LogP contribution in [0.5, 0.6) is 0 Å². The molecule has 1 aromatic heterocycles. The second kappa shape index (κ2) is 6.74. The van der Waals surface area contributed by atoms with Gasteiger partial charge in [-0.15, -0.1) is 0 Å². The average molecular weight is 391 g/mol. The van der Waals surface area contributed by atoms with Crippen LogP contribution in [0.25, 0.3) is 0 Å². The van der Waals surface area contributed by atoms with Crippen molar-refractivity contribution in [3.63, 3.8) is 0 Å². The van der Waals surface area contributed by atoms with Crippen molar-refractivity contribution in [3.05, 3.63) is 82.1 Å². The standard InChI is InChI=1S/C22H19ClN4O/c1-14-17(12-15(13-24)25(14)2)21-26(3)19-10-6-4-8-16(19)22(28)27(21)20-11-7-5-9-18(20)23/h4-12,21H,1-3H3. The van der Waals surface area contributed by atoms with Gasteiger partial charge in [0.25, 0.3) is 5.91 Å². The molecule has 0 bridgehead atoms. The smallest absolute Gasteiger partial charge is 0.262 e. The molecule has 3 aromatic rings. The summed E-state index contributed by atoms with van der Waals surface area (Å²) in [7, 11) is 3.81. The van der Waals surface area contributed by atoms with E-state index in [1.54, 1.807) is 11.0 Å². The molecule has 1 unspecified atom stereocenters. The summed E-state index contributed by atoms with van der Waals surface area (Å²) in [6, 6.07) is 18.9. The summed E-state index contributed by atoms with van der Waals surface area (Å²) in [5.74, 6) is -0.117. The third-order valence-electron chi connectivity index (χ3n) is 5.42. The second-order valence-corrected chi connectivity index (χ2v) is 7.28. The fraction of sp³-hybridized carbons (Fsp3) is 0.182. The number of hydrogen-bond acceptors (Lipinski definition) is 3. The molecule has 2 aromatic carbocycles. The maximum absolute atomic E-state index is 13.5. The predicted octanol–water partition coefficient (Wildman–Crippen LogP) is 4.65. The van der Waals surface area contributed by atoms with Gasteiger partial charge in [-0.2, -0.15) is 5.26 Å². The summed E-state index contributed by atoms with van der Waals surface area (Å²) in [5, 5.41) is 9.97. The third-order valence-corrected chi connectivity index (χ3v) is 5.74. The molecule has 4 rings (SSSR count). The van der Waals surface area contributed by atoms with Crippen molar-refractivity contribution >= 4 is 28.9 Å². The first-order valence-corrected chi connectivity index (χ1v) is 9.29. The van der Waals surface area contributed by atoms with E-state index >= 15 is 0 Å². The molecule has 0 saturated carbocycles. The van der Waals surface area contributed by atoms with Crippen molar-refractivity contribution in [3.8, 4) is 6.07 Å². The molecule has 6 heteroatoms. The minimum Gasteiger partial charge on any atom is -0.349 e. The van der Waals surface area contributed by atoms with E-state index < -0.39 is 6.17 Å². The fourth-order valence-corrected chi connectivity index (χ4v) is 4.06. The Balaban J connectivity index is 2.00. The van der Waals surface area contributed by atoms with Gasteiger partial charge in [0.2, 0.25) is 0 Å². The lowest BCUT2D eigenvalue weighted by Gasteiger charge is -2.44. The summed E-state index contributed by atoms with van der Waals surface area (Å²) in [4.78, 5) is 17.3. The van der Waals surface area contributed by atoms with Gasteiger partial charge in [0.1, 0.15) is 17.9 Å². The van der Waals surface area contributed by atoms with E-state index in [2.05, 4.69) is 11.0 Å². The number of nitriles is 1. The van der Waals surface area contributed by atoms with E-state index in [1.807, 2.05) is 74.1 Å². The van der Waals surface area contributed by atoms with Crippen LogP contribution in [0.2, 0.25) is 5.02 Å². The number of aromatic nitrogens is 1. The van der Waals surface area contributed by atoms with E-state index in [0.29, 0.717) is 22.0 Å². The van der Waals surface area contributed by atoms with Crippen LogP contribution >= 0.6 is 11.6 Å². The molecule has 0 N–H and O–H groups in total. The monoisotopic (exact) mass is 390 g/mol. The van der Waals surface area contributed by atoms with Crippen LogP contribution in [-0.4, -0.2) is 17.5 Å². The number of para-hydroxylation sites is 2. The van der Waals surface area contributed by atoms with E-state index in [1.165, 1.54) is 0 Å². The van der Waals surface area contributed by atoms with Crippen molar-refractivity contribution in [2.24, 2.45) is 7.05 Å². The molecule has 0 radical (unpaired) electrons. The Bertz CT molecular complexity index is 1130. The molecule has 0 spiro atoms. The molecule has 1 amide bonds. The Labute approximate surface area is 169 Å². The number of carbonyl (C=O) groups excluding carboxylic acids is 1. The highest BCUT2D eigenvalue weighted by molar-refractivity contribution is 6.34. The zero-order valence-electron chi connectivity index (χ0n) is 15.8. The first kappa shape index (κ1) is 18.1. The second-order valence-electron chi connectivity index (χ2n) is 6.87. The molecule has 1 aliphatic heterocycles. The first-order valence-electron chi connectivity index (χ1n) is 8.92.